The number of nitrogens with zero attached hydrogens (tertiary/aromatic N) is 2. The topological polar surface area (TPSA) is 94.3 Å². The quantitative estimate of drug-likeness (QED) is 0.346. The maximum atomic E-state index is 12.7. The maximum Gasteiger partial charge on any atom is 0.264 e. The molecule has 31 heavy (non-hydrogen) atoms. The van der Waals surface area contributed by atoms with E-state index in [1.807, 2.05) is 24.3 Å². The lowest BCUT2D eigenvalue weighted by Gasteiger charge is -2.06. The van der Waals surface area contributed by atoms with E-state index in [0.717, 1.165) is 30.2 Å². The number of amidine groups is 1. The molecule has 0 unspecified atom stereocenters. The number of amides is 2. The number of nitrogens with one attached hydrogen (secondary N) is 2. The summed E-state index contributed by atoms with van der Waals surface area (Å²) in [6, 6.07) is 16.2. The Kier molecular flexibility index (Phi) is 7.74. The summed E-state index contributed by atoms with van der Waals surface area (Å²) in [5, 5.41) is 15.3. The molecule has 1 aliphatic rings. The van der Waals surface area contributed by atoms with Gasteiger partial charge < -0.3 is 10.6 Å². The fraction of sp³-hybridized carbons (Fsp3) is 0.250. The molecular weight excluding hydrogens is 456 g/mol. The van der Waals surface area contributed by atoms with Crippen LogP contribution in [0.25, 0.3) is 5.70 Å². The highest BCUT2D eigenvalue weighted by atomic mass is 79.9. The number of benzene rings is 2. The van der Waals surface area contributed by atoms with Crippen molar-refractivity contribution in [2.45, 2.75) is 32.6 Å². The molecule has 0 spiro atoms. The lowest BCUT2D eigenvalue weighted by atomic mass is 10.0. The fourth-order valence-corrected chi connectivity index (χ4v) is 3.68. The van der Waals surface area contributed by atoms with Gasteiger partial charge in [-0.05, 0) is 24.6 Å². The second-order valence-corrected chi connectivity index (χ2v) is 8.04. The van der Waals surface area contributed by atoms with Gasteiger partial charge in [0.25, 0.3) is 11.8 Å². The van der Waals surface area contributed by atoms with Crippen LogP contribution in [0.3, 0.4) is 0 Å². The van der Waals surface area contributed by atoms with Crippen molar-refractivity contribution >= 4 is 39.3 Å². The van der Waals surface area contributed by atoms with Crippen molar-refractivity contribution in [2.24, 2.45) is 4.99 Å². The third-order valence-corrected chi connectivity index (χ3v) is 5.36. The Hall–Kier alpha value is -3.24. The van der Waals surface area contributed by atoms with E-state index in [9.17, 15) is 14.9 Å². The molecule has 1 heterocycles. The molecule has 2 N–H and O–H groups in total. The predicted molar refractivity (Wildman–Crippen MR) is 124 cm³/mol. The highest BCUT2D eigenvalue weighted by molar-refractivity contribution is 9.10. The van der Waals surface area contributed by atoms with Crippen LogP contribution < -0.4 is 10.6 Å². The number of aliphatic imine (C=N–C) groups is 1. The van der Waals surface area contributed by atoms with Crippen molar-refractivity contribution in [3.05, 3.63) is 75.3 Å². The average Bonchev–Trinajstić information content (AvgIpc) is 3.12. The van der Waals surface area contributed by atoms with Gasteiger partial charge >= 0.3 is 0 Å². The summed E-state index contributed by atoms with van der Waals surface area (Å²) in [6.45, 7) is 2.63. The number of carbonyl (C=O) groups is 2. The second-order valence-electron chi connectivity index (χ2n) is 7.12. The Morgan fingerprint density at radius 1 is 1.06 bits per heavy atom. The zero-order valence-corrected chi connectivity index (χ0v) is 18.8. The van der Waals surface area contributed by atoms with E-state index in [0.29, 0.717) is 29.1 Å². The molecule has 158 valence electrons. The first kappa shape index (κ1) is 22.4. The molecule has 2 amide bonds. The lowest BCUT2D eigenvalue weighted by molar-refractivity contribution is -0.117. The van der Waals surface area contributed by atoms with Crippen LogP contribution in [0.5, 0.6) is 0 Å². The average molecular weight is 479 g/mol. The van der Waals surface area contributed by atoms with Gasteiger partial charge in [0, 0.05) is 27.7 Å². The van der Waals surface area contributed by atoms with E-state index in [2.05, 4.69) is 38.5 Å². The second kappa shape index (κ2) is 10.7. The molecule has 0 fully saturated rings. The Balaban J connectivity index is 1.86. The molecule has 0 bridgehead atoms. The van der Waals surface area contributed by atoms with Crippen LogP contribution in [0.1, 0.15) is 54.1 Å². The van der Waals surface area contributed by atoms with Crippen molar-refractivity contribution in [1.82, 2.24) is 10.6 Å². The van der Waals surface area contributed by atoms with Crippen LogP contribution in [0, 0.1) is 11.3 Å². The van der Waals surface area contributed by atoms with Crippen LogP contribution in [0.15, 0.2) is 63.6 Å². The highest BCUT2D eigenvalue weighted by Crippen LogP contribution is 2.30. The SMILES string of the molecule is CCCCCCNC(=O)/C(C#N)=C1\N=C(NC(=O)c2cccc(Br)c2)c2ccccc21. The Labute approximate surface area is 190 Å². The van der Waals surface area contributed by atoms with Gasteiger partial charge in [0.15, 0.2) is 0 Å². The van der Waals surface area contributed by atoms with Crippen molar-refractivity contribution in [3.8, 4) is 6.07 Å². The molecule has 7 heteroatoms. The number of unbranched alkanes of at least 4 members (excludes halogenated alkanes) is 3. The monoisotopic (exact) mass is 478 g/mol. The van der Waals surface area contributed by atoms with Crippen molar-refractivity contribution in [2.75, 3.05) is 6.54 Å². The molecule has 0 saturated carbocycles. The van der Waals surface area contributed by atoms with Crippen molar-refractivity contribution in [1.29, 1.82) is 5.26 Å². The molecule has 6 nitrogen and oxygen atoms in total. The number of rotatable bonds is 7. The first-order valence-electron chi connectivity index (χ1n) is 10.2. The molecule has 1 aliphatic heterocycles. The van der Waals surface area contributed by atoms with Crippen molar-refractivity contribution < 1.29 is 9.59 Å². The maximum absolute atomic E-state index is 12.7. The minimum absolute atomic E-state index is 0.0605. The molecule has 3 rings (SSSR count). The van der Waals surface area contributed by atoms with E-state index in [1.165, 1.54) is 0 Å². The Morgan fingerprint density at radius 2 is 1.84 bits per heavy atom. The number of fused-ring (bicyclic) bond motifs is 1. The number of carbonyl (C=O) groups excluding carboxylic acids is 2. The van der Waals surface area contributed by atoms with E-state index in [1.54, 1.807) is 30.3 Å². The van der Waals surface area contributed by atoms with E-state index >= 15 is 0 Å². The van der Waals surface area contributed by atoms with E-state index in [4.69, 9.17) is 0 Å². The first-order valence-corrected chi connectivity index (χ1v) is 11.0. The smallest absolute Gasteiger partial charge is 0.264 e. The Bertz CT molecular complexity index is 1100. The zero-order chi connectivity index (χ0) is 22.2. The highest BCUT2D eigenvalue weighted by Gasteiger charge is 2.27. The molecule has 0 radical (unpaired) electrons. The van der Waals surface area contributed by atoms with Crippen LogP contribution in [0.4, 0.5) is 0 Å². The zero-order valence-electron chi connectivity index (χ0n) is 17.2. The third-order valence-electron chi connectivity index (χ3n) is 4.87. The normalized spacial score (nSPS) is 13.6. The van der Waals surface area contributed by atoms with Crippen LogP contribution in [-0.4, -0.2) is 24.2 Å². The molecule has 0 aromatic heterocycles. The van der Waals surface area contributed by atoms with Crippen molar-refractivity contribution in [3.63, 3.8) is 0 Å². The van der Waals surface area contributed by atoms with Gasteiger partial charge in [-0.2, -0.15) is 5.26 Å². The summed E-state index contributed by atoms with van der Waals surface area (Å²) in [7, 11) is 0. The van der Waals surface area contributed by atoms with Crippen LogP contribution >= 0.6 is 15.9 Å². The van der Waals surface area contributed by atoms with E-state index in [-0.39, 0.29) is 17.2 Å². The molecule has 0 aliphatic carbocycles. The summed E-state index contributed by atoms with van der Waals surface area (Å²) in [6.07, 6.45) is 4.12. The number of hydrogen-bond donors (Lipinski definition) is 2. The summed E-state index contributed by atoms with van der Waals surface area (Å²) >= 11 is 3.36. The first-order chi connectivity index (χ1) is 15.0. The minimum atomic E-state index is -0.452. The Morgan fingerprint density at radius 3 is 2.55 bits per heavy atom. The summed E-state index contributed by atoms with van der Waals surface area (Å²) < 4.78 is 0.789. The number of nitriles is 1. The predicted octanol–water partition coefficient (Wildman–Crippen LogP) is 4.57. The number of hydrogen-bond acceptors (Lipinski definition) is 4. The lowest BCUT2D eigenvalue weighted by Crippen LogP contribution is -2.30. The van der Waals surface area contributed by atoms with Gasteiger partial charge in [0.2, 0.25) is 0 Å². The number of halogens is 1. The molecular formula is C24H23BrN4O2. The van der Waals surface area contributed by atoms with Crippen LogP contribution in [-0.2, 0) is 4.79 Å². The molecule has 2 aromatic carbocycles. The van der Waals surface area contributed by atoms with Gasteiger partial charge in [-0.3, -0.25) is 9.59 Å². The fourth-order valence-electron chi connectivity index (χ4n) is 3.28. The molecule has 0 atom stereocenters. The third kappa shape index (κ3) is 5.47. The molecule has 2 aromatic rings. The standard InChI is InChI=1S/C24H23BrN4O2/c1-2-3-4-7-13-27-24(31)20(15-26)21-18-11-5-6-12-19(18)22(28-21)29-23(30)16-9-8-10-17(25)14-16/h5-6,8-12,14H,2-4,7,13H2,1H3,(H,27,31)(H,28,29,30)/b21-20-. The summed E-state index contributed by atoms with van der Waals surface area (Å²) in [4.78, 5) is 29.8. The van der Waals surface area contributed by atoms with Crippen LogP contribution in [0.2, 0.25) is 0 Å². The van der Waals surface area contributed by atoms with Gasteiger partial charge in [-0.25, -0.2) is 4.99 Å². The van der Waals surface area contributed by atoms with Gasteiger partial charge in [-0.1, -0.05) is 72.4 Å². The van der Waals surface area contributed by atoms with Gasteiger partial charge in [0.1, 0.15) is 17.5 Å². The van der Waals surface area contributed by atoms with Gasteiger partial charge in [-0.15, -0.1) is 0 Å². The molecule has 0 saturated heterocycles. The minimum Gasteiger partial charge on any atom is -0.351 e. The largest absolute Gasteiger partial charge is 0.351 e. The van der Waals surface area contributed by atoms with Gasteiger partial charge in [0.05, 0.1) is 5.70 Å². The summed E-state index contributed by atoms with van der Waals surface area (Å²) in [5.41, 5.74) is 2.00. The van der Waals surface area contributed by atoms with E-state index < -0.39 is 5.91 Å². The summed E-state index contributed by atoms with van der Waals surface area (Å²) in [5.74, 6) is -0.457.